The highest BCUT2D eigenvalue weighted by Crippen LogP contribution is 2.23. The van der Waals surface area contributed by atoms with Gasteiger partial charge in [-0.15, -0.1) is 0 Å². The maximum absolute atomic E-state index is 13.2. The minimum atomic E-state index is -0.931. The number of carbonyl (C=O) groups is 1. The van der Waals surface area contributed by atoms with Crippen molar-refractivity contribution in [3.05, 3.63) is 62.9 Å². The second-order valence-electron chi connectivity index (χ2n) is 4.74. The minimum Gasteiger partial charge on any atom is -0.376 e. The number of hydrogen-bond donors (Lipinski definition) is 2. The summed E-state index contributed by atoms with van der Waals surface area (Å²) < 4.78 is 13.2. The van der Waals surface area contributed by atoms with Gasteiger partial charge in [0.25, 0.3) is 0 Å². The summed E-state index contributed by atoms with van der Waals surface area (Å²) in [6.45, 7) is 1.64. The zero-order valence-electron chi connectivity index (χ0n) is 12.1. The van der Waals surface area contributed by atoms with E-state index in [9.17, 15) is 19.3 Å². The Bertz CT molecular complexity index is 768. The van der Waals surface area contributed by atoms with Crippen molar-refractivity contribution in [2.45, 2.75) is 6.92 Å². The fourth-order valence-electron chi connectivity index (χ4n) is 1.88. The molecule has 0 bridgehead atoms. The first-order valence-electron chi connectivity index (χ1n) is 6.61. The summed E-state index contributed by atoms with van der Waals surface area (Å²) >= 11 is 5.97. The highest BCUT2D eigenvalue weighted by molar-refractivity contribution is 6.31. The van der Waals surface area contributed by atoms with Gasteiger partial charge in [0.15, 0.2) is 0 Å². The molecule has 2 N–H and O–H groups in total. The van der Waals surface area contributed by atoms with Crippen molar-refractivity contribution in [3.63, 3.8) is 0 Å². The topological polar surface area (TPSA) is 84.3 Å². The molecular weight excluding hydrogens is 325 g/mol. The molecule has 0 radical (unpaired) electrons. The molecule has 0 aromatic heterocycles. The van der Waals surface area contributed by atoms with E-state index in [0.717, 1.165) is 17.7 Å². The van der Waals surface area contributed by atoms with Crippen LogP contribution in [0.15, 0.2) is 36.4 Å². The lowest BCUT2D eigenvalue weighted by molar-refractivity contribution is -0.387. The molecule has 2 rings (SSSR count). The number of amides is 1. The van der Waals surface area contributed by atoms with Gasteiger partial charge in [-0.3, -0.25) is 14.9 Å². The Morgan fingerprint density at radius 3 is 2.78 bits per heavy atom. The molecule has 0 aliphatic carbocycles. The van der Waals surface area contributed by atoms with Gasteiger partial charge in [-0.2, -0.15) is 4.39 Å². The van der Waals surface area contributed by atoms with Gasteiger partial charge in [-0.25, -0.2) is 0 Å². The number of nitro groups is 1. The highest BCUT2D eigenvalue weighted by atomic mass is 35.5. The molecule has 120 valence electrons. The van der Waals surface area contributed by atoms with Crippen molar-refractivity contribution >= 4 is 34.6 Å². The van der Waals surface area contributed by atoms with Crippen molar-refractivity contribution in [3.8, 4) is 0 Å². The van der Waals surface area contributed by atoms with E-state index in [1.165, 1.54) is 6.07 Å². The first kappa shape index (κ1) is 16.7. The number of halogens is 2. The van der Waals surface area contributed by atoms with Gasteiger partial charge < -0.3 is 10.6 Å². The summed E-state index contributed by atoms with van der Waals surface area (Å²) in [6.07, 6.45) is 0. The first-order valence-corrected chi connectivity index (χ1v) is 6.99. The number of benzene rings is 2. The predicted octanol–water partition coefficient (Wildman–Crippen LogP) is 3.75. The number of nitro benzene ring substituents is 1. The fraction of sp³-hybridized carbons (Fsp3) is 0.133. The molecule has 0 spiro atoms. The summed E-state index contributed by atoms with van der Waals surface area (Å²) in [4.78, 5) is 21.8. The summed E-state index contributed by atoms with van der Waals surface area (Å²) in [5, 5.41) is 16.6. The number of anilines is 2. The van der Waals surface area contributed by atoms with E-state index in [-0.39, 0.29) is 18.1 Å². The number of carbonyl (C=O) groups excluding carboxylic acids is 1. The van der Waals surface area contributed by atoms with Crippen molar-refractivity contribution in [1.29, 1.82) is 0 Å². The van der Waals surface area contributed by atoms with Crippen LogP contribution in [-0.2, 0) is 4.79 Å². The van der Waals surface area contributed by atoms with E-state index < -0.39 is 16.4 Å². The first-order chi connectivity index (χ1) is 10.9. The Morgan fingerprint density at radius 2 is 2.09 bits per heavy atom. The molecule has 6 nitrogen and oxygen atoms in total. The Morgan fingerprint density at radius 1 is 1.35 bits per heavy atom. The van der Waals surface area contributed by atoms with Crippen LogP contribution in [0.2, 0.25) is 5.02 Å². The maximum atomic E-state index is 13.2. The lowest BCUT2D eigenvalue weighted by Crippen LogP contribution is -2.22. The molecule has 0 heterocycles. The molecule has 23 heavy (non-hydrogen) atoms. The molecule has 0 saturated heterocycles. The van der Waals surface area contributed by atoms with Crippen LogP contribution in [0.5, 0.6) is 0 Å². The van der Waals surface area contributed by atoms with Crippen LogP contribution >= 0.6 is 11.6 Å². The normalized spacial score (nSPS) is 10.2. The average molecular weight is 338 g/mol. The fourth-order valence-corrected chi connectivity index (χ4v) is 2.06. The Labute approximate surface area is 136 Å². The van der Waals surface area contributed by atoms with Crippen molar-refractivity contribution in [2.75, 3.05) is 17.2 Å². The van der Waals surface area contributed by atoms with Gasteiger partial charge >= 0.3 is 5.69 Å². The third-order valence-corrected chi connectivity index (χ3v) is 3.55. The third kappa shape index (κ3) is 4.17. The highest BCUT2D eigenvalue weighted by Gasteiger charge is 2.14. The lowest BCUT2D eigenvalue weighted by Gasteiger charge is -2.10. The van der Waals surface area contributed by atoms with Gasteiger partial charge in [0.2, 0.25) is 11.7 Å². The molecule has 0 saturated carbocycles. The van der Waals surface area contributed by atoms with Gasteiger partial charge in [0.1, 0.15) is 0 Å². The van der Waals surface area contributed by atoms with Crippen molar-refractivity contribution < 1.29 is 14.1 Å². The number of nitrogens with zero attached hydrogens (tertiary/aromatic N) is 1. The standard InChI is InChI=1S/C15H13ClFN3O3/c1-9-11(16)3-2-4-13(9)19-15(21)8-18-10-5-6-12(17)14(7-10)20(22)23/h2-7,18H,8H2,1H3,(H,19,21). The molecule has 1 amide bonds. The van der Waals surface area contributed by atoms with Crippen LogP contribution in [0.4, 0.5) is 21.5 Å². The second-order valence-corrected chi connectivity index (χ2v) is 5.14. The SMILES string of the molecule is Cc1c(Cl)cccc1NC(=O)CNc1ccc(F)c([N+](=O)[O-])c1. The summed E-state index contributed by atoms with van der Waals surface area (Å²) in [7, 11) is 0. The van der Waals surface area contributed by atoms with Gasteiger partial charge in [-0.05, 0) is 36.8 Å². The van der Waals surface area contributed by atoms with E-state index >= 15 is 0 Å². The average Bonchev–Trinajstić information content (AvgIpc) is 2.51. The van der Waals surface area contributed by atoms with Gasteiger partial charge in [-0.1, -0.05) is 17.7 Å². The van der Waals surface area contributed by atoms with Crippen molar-refractivity contribution in [1.82, 2.24) is 0 Å². The number of nitrogens with one attached hydrogen (secondary N) is 2. The molecule has 0 fully saturated rings. The molecule has 0 unspecified atom stereocenters. The summed E-state index contributed by atoms with van der Waals surface area (Å²) in [5.74, 6) is -1.29. The Hall–Kier alpha value is -2.67. The predicted molar refractivity (Wildman–Crippen MR) is 86.4 cm³/mol. The van der Waals surface area contributed by atoms with Crippen LogP contribution in [0.3, 0.4) is 0 Å². The van der Waals surface area contributed by atoms with E-state index in [0.29, 0.717) is 10.7 Å². The largest absolute Gasteiger partial charge is 0.376 e. The Balaban J connectivity index is 2.01. The zero-order chi connectivity index (χ0) is 17.0. The molecule has 2 aromatic carbocycles. The number of hydrogen-bond acceptors (Lipinski definition) is 4. The molecule has 0 atom stereocenters. The smallest absolute Gasteiger partial charge is 0.306 e. The minimum absolute atomic E-state index is 0.130. The zero-order valence-corrected chi connectivity index (χ0v) is 12.9. The van der Waals surface area contributed by atoms with E-state index in [1.807, 2.05) is 0 Å². The van der Waals surface area contributed by atoms with Crippen LogP contribution in [0, 0.1) is 22.9 Å². The lowest BCUT2D eigenvalue weighted by atomic mass is 10.2. The van der Waals surface area contributed by atoms with E-state index in [4.69, 9.17) is 11.6 Å². The summed E-state index contributed by atoms with van der Waals surface area (Å²) in [6, 6.07) is 8.46. The molecule has 2 aromatic rings. The van der Waals surface area contributed by atoms with Gasteiger partial charge in [0, 0.05) is 22.5 Å². The third-order valence-electron chi connectivity index (χ3n) is 3.14. The van der Waals surface area contributed by atoms with Gasteiger partial charge in [0.05, 0.1) is 11.5 Å². The number of rotatable bonds is 5. The van der Waals surface area contributed by atoms with Crippen LogP contribution < -0.4 is 10.6 Å². The van der Waals surface area contributed by atoms with Crippen LogP contribution in [-0.4, -0.2) is 17.4 Å². The van der Waals surface area contributed by atoms with Crippen LogP contribution in [0.1, 0.15) is 5.56 Å². The molecule has 8 heteroatoms. The van der Waals surface area contributed by atoms with Crippen molar-refractivity contribution in [2.24, 2.45) is 0 Å². The summed E-state index contributed by atoms with van der Waals surface area (Å²) in [5.41, 5.74) is 0.937. The monoisotopic (exact) mass is 337 g/mol. The molecular formula is C15H13ClFN3O3. The van der Waals surface area contributed by atoms with Crippen LogP contribution in [0.25, 0.3) is 0 Å². The molecule has 0 aliphatic heterocycles. The maximum Gasteiger partial charge on any atom is 0.306 e. The molecule has 0 aliphatic rings. The van der Waals surface area contributed by atoms with E-state index in [1.54, 1.807) is 25.1 Å². The second kappa shape index (κ2) is 7.06. The quantitative estimate of drug-likeness (QED) is 0.643. The Kier molecular flexibility index (Phi) is 5.13. The van der Waals surface area contributed by atoms with E-state index in [2.05, 4.69) is 10.6 Å².